The van der Waals surface area contributed by atoms with E-state index in [0.29, 0.717) is 29.5 Å². The van der Waals surface area contributed by atoms with Crippen molar-refractivity contribution in [2.75, 3.05) is 19.5 Å². The number of hydrogen-bond acceptors (Lipinski definition) is 6. The molecule has 2 aromatic carbocycles. The Labute approximate surface area is 156 Å². The summed E-state index contributed by atoms with van der Waals surface area (Å²) < 4.78 is 18.0. The van der Waals surface area contributed by atoms with E-state index in [2.05, 4.69) is 15.4 Å². The number of aryl methyl sites for hydroxylation is 1. The number of rotatable bonds is 8. The third-order valence-corrected chi connectivity index (χ3v) is 3.77. The zero-order valence-electron chi connectivity index (χ0n) is 15.1. The first-order chi connectivity index (χ1) is 13.2. The predicted molar refractivity (Wildman–Crippen MR) is 99.3 cm³/mol. The van der Waals surface area contributed by atoms with E-state index in [1.165, 1.54) is 6.33 Å². The van der Waals surface area contributed by atoms with Crippen molar-refractivity contribution < 1.29 is 19.0 Å². The fourth-order valence-corrected chi connectivity index (χ4v) is 2.39. The maximum atomic E-state index is 12.1. The summed E-state index contributed by atoms with van der Waals surface area (Å²) in [6.45, 7) is 0.456. The fourth-order valence-electron chi connectivity index (χ4n) is 2.39. The van der Waals surface area contributed by atoms with Gasteiger partial charge in [0.15, 0.2) is 11.5 Å². The lowest BCUT2D eigenvalue weighted by Crippen LogP contribution is -2.14. The highest BCUT2D eigenvalue weighted by atomic mass is 16.5. The Balaban J connectivity index is 1.67. The molecule has 27 heavy (non-hydrogen) atoms. The maximum absolute atomic E-state index is 12.1. The van der Waals surface area contributed by atoms with Crippen LogP contribution in [0.2, 0.25) is 0 Å². The molecular weight excluding hydrogens is 348 g/mol. The number of carbonyl (C=O) groups excluding carboxylic acids is 1. The zero-order valence-corrected chi connectivity index (χ0v) is 15.1. The van der Waals surface area contributed by atoms with E-state index in [-0.39, 0.29) is 12.3 Å². The molecule has 8 nitrogen and oxygen atoms in total. The van der Waals surface area contributed by atoms with Crippen LogP contribution in [0.25, 0.3) is 0 Å². The molecule has 8 heteroatoms. The van der Waals surface area contributed by atoms with Crippen LogP contribution in [0, 0.1) is 0 Å². The first-order valence-electron chi connectivity index (χ1n) is 8.30. The van der Waals surface area contributed by atoms with Gasteiger partial charge in [0.1, 0.15) is 24.2 Å². The molecule has 1 amide bonds. The van der Waals surface area contributed by atoms with Crippen molar-refractivity contribution in [2.24, 2.45) is 0 Å². The molecule has 1 heterocycles. The van der Waals surface area contributed by atoms with Gasteiger partial charge in [-0.15, -0.1) is 0 Å². The number of amides is 1. The number of aromatic nitrogens is 3. The van der Waals surface area contributed by atoms with Gasteiger partial charge in [-0.25, -0.2) is 4.98 Å². The average molecular weight is 368 g/mol. The third-order valence-electron chi connectivity index (χ3n) is 3.77. The summed E-state index contributed by atoms with van der Waals surface area (Å²) in [6.07, 6.45) is 3.29. The molecule has 0 saturated heterocycles. The van der Waals surface area contributed by atoms with E-state index in [1.54, 1.807) is 67.7 Å². The van der Waals surface area contributed by atoms with Crippen molar-refractivity contribution in [1.82, 2.24) is 14.8 Å². The Hall–Kier alpha value is -3.55. The molecular formula is C19H20N4O4. The molecule has 0 unspecified atom stereocenters. The van der Waals surface area contributed by atoms with Crippen LogP contribution in [0.3, 0.4) is 0 Å². The molecule has 3 rings (SSSR count). The Morgan fingerprint density at radius 2 is 1.81 bits per heavy atom. The van der Waals surface area contributed by atoms with Crippen molar-refractivity contribution in [1.29, 1.82) is 0 Å². The van der Waals surface area contributed by atoms with Crippen LogP contribution in [0.15, 0.2) is 55.1 Å². The number of ether oxygens (including phenoxy) is 3. The SMILES string of the molecule is COc1ccc(Oc2cc(NC(=O)CCn3cncn3)ccc2OC)cc1. The number of nitrogens with zero attached hydrogens (tertiary/aromatic N) is 3. The van der Waals surface area contributed by atoms with Crippen LogP contribution in [0.4, 0.5) is 5.69 Å². The van der Waals surface area contributed by atoms with E-state index in [1.807, 2.05) is 0 Å². The van der Waals surface area contributed by atoms with Gasteiger partial charge in [0.05, 0.1) is 20.8 Å². The van der Waals surface area contributed by atoms with Crippen LogP contribution < -0.4 is 19.5 Å². The van der Waals surface area contributed by atoms with Gasteiger partial charge in [0.2, 0.25) is 5.91 Å². The second kappa shape index (κ2) is 8.70. The number of nitrogens with one attached hydrogen (secondary N) is 1. The Bertz CT molecular complexity index is 879. The average Bonchev–Trinajstić information content (AvgIpc) is 3.21. The van der Waals surface area contributed by atoms with Gasteiger partial charge in [-0.1, -0.05) is 0 Å². The normalized spacial score (nSPS) is 10.3. The predicted octanol–water partition coefficient (Wildman–Crippen LogP) is 3.12. The molecule has 0 atom stereocenters. The smallest absolute Gasteiger partial charge is 0.226 e. The van der Waals surface area contributed by atoms with Gasteiger partial charge >= 0.3 is 0 Å². The lowest BCUT2D eigenvalue weighted by Gasteiger charge is -2.13. The standard InChI is InChI=1S/C19H20N4O4/c1-25-15-4-6-16(7-5-15)27-18-11-14(3-8-17(18)26-2)22-19(24)9-10-23-13-20-12-21-23/h3-8,11-13H,9-10H2,1-2H3,(H,22,24). The summed E-state index contributed by atoms with van der Waals surface area (Å²) in [7, 11) is 3.17. The van der Waals surface area contributed by atoms with E-state index in [9.17, 15) is 4.79 Å². The lowest BCUT2D eigenvalue weighted by molar-refractivity contribution is -0.116. The fraction of sp³-hybridized carbons (Fsp3) is 0.211. The van der Waals surface area contributed by atoms with Crippen molar-refractivity contribution in [2.45, 2.75) is 13.0 Å². The molecule has 0 radical (unpaired) electrons. The summed E-state index contributed by atoms with van der Waals surface area (Å²) in [5, 5.41) is 6.82. The topological polar surface area (TPSA) is 87.5 Å². The first kappa shape index (κ1) is 18.2. The lowest BCUT2D eigenvalue weighted by atomic mass is 10.2. The minimum absolute atomic E-state index is 0.133. The molecule has 1 aromatic heterocycles. The second-order valence-electron chi connectivity index (χ2n) is 5.60. The van der Waals surface area contributed by atoms with Gasteiger partial charge in [0.25, 0.3) is 0 Å². The van der Waals surface area contributed by atoms with Crippen LogP contribution in [-0.2, 0) is 11.3 Å². The molecule has 0 saturated carbocycles. The highest BCUT2D eigenvalue weighted by molar-refractivity contribution is 5.91. The van der Waals surface area contributed by atoms with Crippen molar-refractivity contribution >= 4 is 11.6 Å². The number of carbonyl (C=O) groups is 1. The Kier molecular flexibility index (Phi) is 5.88. The summed E-state index contributed by atoms with van der Waals surface area (Å²) in [5.74, 6) is 2.29. The maximum Gasteiger partial charge on any atom is 0.226 e. The van der Waals surface area contributed by atoms with Crippen molar-refractivity contribution in [3.05, 3.63) is 55.1 Å². The molecule has 1 N–H and O–H groups in total. The third kappa shape index (κ3) is 4.97. The molecule has 140 valence electrons. The van der Waals surface area contributed by atoms with E-state index < -0.39 is 0 Å². The van der Waals surface area contributed by atoms with Crippen molar-refractivity contribution in [3.8, 4) is 23.0 Å². The molecule has 0 aliphatic carbocycles. The minimum Gasteiger partial charge on any atom is -0.497 e. The van der Waals surface area contributed by atoms with Gasteiger partial charge in [0, 0.05) is 18.2 Å². The summed E-state index contributed by atoms with van der Waals surface area (Å²) in [5.41, 5.74) is 0.614. The van der Waals surface area contributed by atoms with Crippen LogP contribution in [0.5, 0.6) is 23.0 Å². The number of methoxy groups -OCH3 is 2. The Morgan fingerprint density at radius 1 is 1.04 bits per heavy atom. The van der Waals surface area contributed by atoms with Gasteiger partial charge in [-0.3, -0.25) is 9.48 Å². The second-order valence-corrected chi connectivity index (χ2v) is 5.60. The minimum atomic E-state index is -0.133. The van der Waals surface area contributed by atoms with Gasteiger partial charge in [-0.2, -0.15) is 5.10 Å². The summed E-state index contributed by atoms with van der Waals surface area (Å²) in [4.78, 5) is 16.0. The highest BCUT2D eigenvalue weighted by Gasteiger charge is 2.10. The van der Waals surface area contributed by atoms with Crippen molar-refractivity contribution in [3.63, 3.8) is 0 Å². The number of hydrogen-bond donors (Lipinski definition) is 1. The number of benzene rings is 2. The Morgan fingerprint density at radius 3 is 2.48 bits per heavy atom. The molecule has 0 spiro atoms. The monoisotopic (exact) mass is 368 g/mol. The van der Waals surface area contributed by atoms with Gasteiger partial charge < -0.3 is 19.5 Å². The van der Waals surface area contributed by atoms with E-state index in [0.717, 1.165) is 5.75 Å². The number of anilines is 1. The molecule has 0 fully saturated rings. The van der Waals surface area contributed by atoms with Crippen LogP contribution in [-0.4, -0.2) is 34.9 Å². The molecule has 3 aromatic rings. The van der Waals surface area contributed by atoms with E-state index in [4.69, 9.17) is 14.2 Å². The van der Waals surface area contributed by atoms with Gasteiger partial charge in [-0.05, 0) is 36.4 Å². The molecule has 0 aliphatic rings. The van der Waals surface area contributed by atoms with Crippen LogP contribution >= 0.6 is 0 Å². The quantitative estimate of drug-likeness (QED) is 0.657. The summed E-state index contributed by atoms with van der Waals surface area (Å²) in [6, 6.07) is 12.4. The zero-order chi connectivity index (χ0) is 19.1. The largest absolute Gasteiger partial charge is 0.497 e. The highest BCUT2D eigenvalue weighted by Crippen LogP contribution is 2.34. The van der Waals surface area contributed by atoms with Crippen LogP contribution in [0.1, 0.15) is 6.42 Å². The molecule has 0 aliphatic heterocycles. The van der Waals surface area contributed by atoms with E-state index >= 15 is 0 Å². The molecule has 0 bridgehead atoms. The first-order valence-corrected chi connectivity index (χ1v) is 8.30. The summed E-state index contributed by atoms with van der Waals surface area (Å²) >= 11 is 0.